The summed E-state index contributed by atoms with van der Waals surface area (Å²) in [5.74, 6) is -2.96. The summed E-state index contributed by atoms with van der Waals surface area (Å²) >= 11 is 0. The van der Waals surface area contributed by atoms with E-state index >= 15 is 0 Å². The number of ether oxygens (including phenoxy) is 1. The van der Waals surface area contributed by atoms with Gasteiger partial charge in [-0.05, 0) is 68.9 Å². The molecule has 0 bridgehead atoms. The summed E-state index contributed by atoms with van der Waals surface area (Å²) in [5, 5.41) is 19.4. The Morgan fingerprint density at radius 2 is 1.59 bits per heavy atom. The van der Waals surface area contributed by atoms with Gasteiger partial charge in [-0.2, -0.15) is 0 Å². The second kappa shape index (κ2) is 10.6. The smallest absolute Gasteiger partial charge is 0.343 e. The molecule has 6 heteroatoms. The Morgan fingerprint density at radius 3 is 2.06 bits per heavy atom. The molecule has 0 aliphatic heterocycles. The van der Waals surface area contributed by atoms with Crippen LogP contribution in [0.2, 0.25) is 0 Å². The summed E-state index contributed by atoms with van der Waals surface area (Å²) < 4.78 is 6.27. The Morgan fingerprint density at radius 1 is 1.00 bits per heavy atom. The molecule has 0 amide bonds. The van der Waals surface area contributed by atoms with Gasteiger partial charge in [0.05, 0.1) is 11.4 Å². The van der Waals surface area contributed by atoms with Crippen LogP contribution >= 0.6 is 0 Å². The number of aliphatic carboxylic acids is 2. The molecule has 1 atom stereocenters. The van der Waals surface area contributed by atoms with Crippen molar-refractivity contribution in [2.75, 3.05) is 6.61 Å². The third kappa shape index (κ3) is 4.91. The number of carbonyl (C=O) groups is 2. The molecule has 172 valence electrons. The van der Waals surface area contributed by atoms with Crippen LogP contribution in [0.1, 0.15) is 62.4 Å². The van der Waals surface area contributed by atoms with Gasteiger partial charge in [-0.1, -0.05) is 44.5 Å². The van der Waals surface area contributed by atoms with Crippen molar-refractivity contribution < 1.29 is 24.5 Å². The molecule has 6 nitrogen and oxygen atoms in total. The van der Waals surface area contributed by atoms with E-state index in [9.17, 15) is 19.8 Å². The first kappa shape index (κ1) is 25.3. The number of pyridine rings is 1. The quantitative estimate of drug-likeness (QED) is 0.285. The van der Waals surface area contributed by atoms with Gasteiger partial charge in [0, 0.05) is 12.2 Å². The van der Waals surface area contributed by atoms with Gasteiger partial charge in [0.2, 0.25) is 0 Å². The molecule has 2 rings (SSSR count). The predicted octanol–water partition coefficient (Wildman–Crippen LogP) is 5.58. The molecular formula is C26H33NO5. The highest BCUT2D eigenvalue weighted by Crippen LogP contribution is 2.41. The summed E-state index contributed by atoms with van der Waals surface area (Å²) in [6, 6.07) is 9.77. The van der Waals surface area contributed by atoms with Crippen molar-refractivity contribution in [3.05, 3.63) is 63.9 Å². The maximum Gasteiger partial charge on any atom is 0.343 e. The maximum atomic E-state index is 11.9. The predicted molar refractivity (Wildman–Crippen MR) is 125 cm³/mol. The zero-order chi connectivity index (χ0) is 24.1. The van der Waals surface area contributed by atoms with E-state index in [4.69, 9.17) is 9.72 Å². The van der Waals surface area contributed by atoms with Crippen molar-refractivity contribution >= 4 is 11.9 Å². The van der Waals surface area contributed by atoms with Crippen molar-refractivity contribution in [3.8, 4) is 11.3 Å². The molecule has 32 heavy (non-hydrogen) atoms. The summed E-state index contributed by atoms with van der Waals surface area (Å²) in [5.41, 5.74) is 3.93. The van der Waals surface area contributed by atoms with E-state index in [0.29, 0.717) is 25.1 Å². The van der Waals surface area contributed by atoms with E-state index in [0.717, 1.165) is 27.9 Å². The van der Waals surface area contributed by atoms with Crippen LogP contribution in [0.4, 0.5) is 0 Å². The second-order valence-electron chi connectivity index (χ2n) is 8.03. The molecule has 2 aromatic rings. The van der Waals surface area contributed by atoms with E-state index in [1.54, 1.807) is 13.0 Å². The van der Waals surface area contributed by atoms with Crippen LogP contribution in [0.3, 0.4) is 0 Å². The van der Waals surface area contributed by atoms with Crippen molar-refractivity contribution in [1.29, 1.82) is 0 Å². The van der Waals surface area contributed by atoms with Crippen LogP contribution in [-0.4, -0.2) is 33.7 Å². The summed E-state index contributed by atoms with van der Waals surface area (Å²) in [6.45, 7) is 12.0. The molecule has 0 radical (unpaired) electrons. The molecule has 0 aliphatic carbocycles. The Bertz CT molecular complexity index is 1000. The third-order valence-corrected chi connectivity index (χ3v) is 5.72. The monoisotopic (exact) mass is 439 g/mol. The number of carboxylic acids is 2. The minimum atomic E-state index is -1.48. The topological polar surface area (TPSA) is 96.7 Å². The van der Waals surface area contributed by atoms with E-state index in [1.807, 2.05) is 46.8 Å². The normalized spacial score (nSPS) is 12.8. The lowest BCUT2D eigenvalue weighted by Crippen LogP contribution is -2.36. The number of benzene rings is 1. The van der Waals surface area contributed by atoms with Crippen LogP contribution in [0.15, 0.2) is 41.5 Å². The fourth-order valence-corrected chi connectivity index (χ4v) is 4.49. The molecule has 1 heterocycles. The summed E-state index contributed by atoms with van der Waals surface area (Å²) in [6.07, 6.45) is 1.26. The van der Waals surface area contributed by atoms with Crippen molar-refractivity contribution in [2.24, 2.45) is 0 Å². The van der Waals surface area contributed by atoms with Crippen LogP contribution in [0.25, 0.3) is 11.3 Å². The molecule has 0 saturated carbocycles. The molecule has 1 aromatic carbocycles. The van der Waals surface area contributed by atoms with Gasteiger partial charge in [-0.25, -0.2) is 14.6 Å². The van der Waals surface area contributed by atoms with E-state index in [2.05, 4.69) is 12.1 Å². The highest BCUT2D eigenvalue weighted by atomic mass is 16.5. The maximum absolute atomic E-state index is 11.9. The number of rotatable bonds is 10. The average Bonchev–Trinajstić information content (AvgIpc) is 2.72. The molecule has 1 unspecified atom stereocenters. The third-order valence-electron chi connectivity index (χ3n) is 5.72. The average molecular weight is 440 g/mol. The minimum Gasteiger partial charge on any atom is -0.477 e. The number of hydrogen-bond acceptors (Lipinski definition) is 4. The fourth-order valence-electron chi connectivity index (χ4n) is 4.49. The van der Waals surface area contributed by atoms with Crippen LogP contribution in [0, 0.1) is 20.8 Å². The first-order valence-corrected chi connectivity index (χ1v) is 11.0. The Hall–Kier alpha value is -2.99. The highest BCUT2D eigenvalue weighted by molar-refractivity contribution is 6.13. The van der Waals surface area contributed by atoms with Gasteiger partial charge < -0.3 is 14.9 Å². The fraction of sp³-hybridized carbons (Fsp3) is 0.423. The highest BCUT2D eigenvalue weighted by Gasteiger charge is 2.41. The number of nitrogens with zero attached hydrogens (tertiary/aromatic N) is 1. The second-order valence-corrected chi connectivity index (χ2v) is 8.03. The van der Waals surface area contributed by atoms with Crippen LogP contribution in [-0.2, 0) is 19.9 Å². The standard InChI is InChI=1S/C26H33NO5/c1-7-13-32-26(9-3,19(8-2)23(24(28)29)25(30)31)21-12-10-11-20(27-21)22-17(5)14-16(4)15-18(22)6/h10-12,14-15H,7-9,13H2,1-6H3,(H,28,29)(H,30,31). The first-order valence-electron chi connectivity index (χ1n) is 11.0. The molecular weight excluding hydrogens is 406 g/mol. The van der Waals surface area contributed by atoms with Gasteiger partial charge in [0.1, 0.15) is 11.2 Å². The largest absolute Gasteiger partial charge is 0.477 e. The van der Waals surface area contributed by atoms with Gasteiger partial charge in [0.15, 0.2) is 0 Å². The van der Waals surface area contributed by atoms with Gasteiger partial charge in [0.25, 0.3) is 0 Å². The van der Waals surface area contributed by atoms with Crippen molar-refractivity contribution in [1.82, 2.24) is 4.98 Å². The zero-order valence-corrected chi connectivity index (χ0v) is 19.8. The van der Waals surface area contributed by atoms with E-state index in [-0.39, 0.29) is 12.0 Å². The molecule has 2 N–H and O–H groups in total. The number of hydrogen-bond donors (Lipinski definition) is 2. The van der Waals surface area contributed by atoms with Crippen molar-refractivity contribution in [2.45, 2.75) is 66.4 Å². The molecule has 0 fully saturated rings. The zero-order valence-electron chi connectivity index (χ0n) is 19.8. The van der Waals surface area contributed by atoms with Gasteiger partial charge >= 0.3 is 11.9 Å². The van der Waals surface area contributed by atoms with Crippen LogP contribution in [0.5, 0.6) is 0 Å². The lowest BCUT2D eigenvalue weighted by atomic mass is 9.81. The minimum absolute atomic E-state index is 0.208. The molecule has 0 saturated heterocycles. The van der Waals surface area contributed by atoms with Gasteiger partial charge in [-0.15, -0.1) is 0 Å². The Balaban J connectivity index is 2.86. The van der Waals surface area contributed by atoms with E-state index in [1.165, 1.54) is 0 Å². The first-order chi connectivity index (χ1) is 15.1. The SMILES string of the molecule is CCCOC(CC)(C(CC)=C(C(=O)O)C(=O)O)c1cccc(-c2c(C)cc(C)cc2C)n1. The lowest BCUT2D eigenvalue weighted by Gasteiger charge is -2.36. The molecule has 0 aliphatic rings. The summed E-state index contributed by atoms with van der Waals surface area (Å²) in [4.78, 5) is 28.7. The summed E-state index contributed by atoms with van der Waals surface area (Å²) in [7, 11) is 0. The number of aromatic nitrogens is 1. The van der Waals surface area contributed by atoms with Crippen LogP contribution < -0.4 is 0 Å². The molecule has 1 aromatic heterocycles. The Kier molecular flexibility index (Phi) is 8.33. The van der Waals surface area contributed by atoms with E-state index < -0.39 is 23.1 Å². The lowest BCUT2D eigenvalue weighted by molar-refractivity contribution is -0.140. The number of carboxylic acid groups (broad SMARTS) is 2. The van der Waals surface area contributed by atoms with Crippen molar-refractivity contribution in [3.63, 3.8) is 0 Å². The molecule has 0 spiro atoms. The number of aryl methyl sites for hydroxylation is 3. The Labute approximate surface area is 190 Å². The van der Waals surface area contributed by atoms with Gasteiger partial charge in [-0.3, -0.25) is 0 Å².